The van der Waals surface area contributed by atoms with Gasteiger partial charge in [0, 0.05) is 25.7 Å². The molecular weight excluding hydrogens is 236 g/mol. The van der Waals surface area contributed by atoms with E-state index in [1.807, 2.05) is 0 Å². The third kappa shape index (κ3) is 2.05. The lowest BCUT2D eigenvalue weighted by molar-refractivity contribution is -0.112. The monoisotopic (exact) mass is 264 g/mol. The van der Waals surface area contributed by atoms with Gasteiger partial charge in [-0.25, -0.2) is 0 Å². The smallest absolute Gasteiger partial charge is 0.0594 e. The Morgan fingerprint density at radius 2 is 1.53 bits per heavy atom. The highest BCUT2D eigenvalue weighted by molar-refractivity contribution is 5.07. The van der Waals surface area contributed by atoms with Crippen LogP contribution < -0.4 is 5.73 Å². The van der Waals surface area contributed by atoms with Crippen molar-refractivity contribution in [1.82, 2.24) is 4.90 Å². The summed E-state index contributed by atoms with van der Waals surface area (Å²) in [4.78, 5) is 2.66. The second-order valence-electron chi connectivity index (χ2n) is 7.68. The Morgan fingerprint density at radius 3 is 2.00 bits per heavy atom. The molecule has 0 radical (unpaired) electrons. The molecule has 3 nitrogen and oxygen atoms in total. The zero-order chi connectivity index (χ0) is 12.9. The molecule has 5 rings (SSSR count). The number of nitrogens with zero attached hydrogens (tertiary/aromatic N) is 1. The van der Waals surface area contributed by atoms with Crippen LogP contribution in [0.2, 0.25) is 0 Å². The quantitative estimate of drug-likeness (QED) is 0.845. The number of ether oxygens (including phenoxy) is 1. The number of nitrogens with two attached hydrogens (primary N) is 1. The Bertz CT molecular complexity index is 302. The van der Waals surface area contributed by atoms with Gasteiger partial charge in [0.15, 0.2) is 0 Å². The van der Waals surface area contributed by atoms with Crippen LogP contribution >= 0.6 is 0 Å². The maximum atomic E-state index is 6.24. The molecule has 0 aromatic carbocycles. The van der Waals surface area contributed by atoms with E-state index < -0.39 is 0 Å². The standard InChI is InChI=1S/C16H28N2O/c17-11-15(18-1-3-19-4-2-18)16-8-12-5-13(9-16)7-14(6-12)10-16/h12-15H,1-11,17H2. The van der Waals surface area contributed by atoms with E-state index in [1.165, 1.54) is 38.5 Å². The molecule has 0 spiro atoms. The van der Waals surface area contributed by atoms with E-state index in [2.05, 4.69) is 4.90 Å². The first-order valence-corrected chi connectivity index (χ1v) is 8.31. The molecule has 0 aromatic heterocycles. The molecule has 1 heterocycles. The Labute approximate surface area is 116 Å². The van der Waals surface area contributed by atoms with Crippen molar-refractivity contribution in [3.63, 3.8) is 0 Å². The molecule has 0 amide bonds. The molecular formula is C16H28N2O. The fourth-order valence-electron chi connectivity index (χ4n) is 6.26. The van der Waals surface area contributed by atoms with Crippen LogP contribution in [0.1, 0.15) is 38.5 Å². The van der Waals surface area contributed by atoms with Crippen LogP contribution in [0, 0.1) is 23.2 Å². The largest absolute Gasteiger partial charge is 0.379 e. The second-order valence-corrected chi connectivity index (χ2v) is 7.68. The van der Waals surface area contributed by atoms with E-state index in [1.54, 1.807) is 0 Å². The Hall–Kier alpha value is -0.120. The fraction of sp³-hybridized carbons (Fsp3) is 1.00. The lowest BCUT2D eigenvalue weighted by atomic mass is 9.47. The SMILES string of the molecule is NCC(N1CCOCC1)C12CC3CC(CC(C3)C1)C2. The van der Waals surface area contributed by atoms with E-state index in [4.69, 9.17) is 10.5 Å². The Kier molecular flexibility index (Phi) is 3.13. The number of morpholine rings is 1. The molecule has 1 atom stereocenters. The van der Waals surface area contributed by atoms with E-state index >= 15 is 0 Å². The van der Waals surface area contributed by atoms with Crippen LogP contribution in [0.25, 0.3) is 0 Å². The van der Waals surface area contributed by atoms with Crippen LogP contribution in [0.15, 0.2) is 0 Å². The van der Waals surface area contributed by atoms with Gasteiger partial charge in [0.25, 0.3) is 0 Å². The normalized spacial score (nSPS) is 47.5. The van der Waals surface area contributed by atoms with Gasteiger partial charge in [-0.3, -0.25) is 4.90 Å². The highest BCUT2D eigenvalue weighted by Gasteiger charge is 2.54. The Morgan fingerprint density at radius 1 is 1.00 bits per heavy atom. The third-order valence-electron chi connectivity index (χ3n) is 6.50. The van der Waals surface area contributed by atoms with Gasteiger partial charge >= 0.3 is 0 Å². The van der Waals surface area contributed by atoms with Gasteiger partial charge in [0.1, 0.15) is 0 Å². The van der Waals surface area contributed by atoms with Crippen molar-refractivity contribution in [2.24, 2.45) is 28.9 Å². The molecule has 5 fully saturated rings. The molecule has 4 aliphatic carbocycles. The lowest BCUT2D eigenvalue weighted by Crippen LogP contribution is -2.61. The summed E-state index contributed by atoms with van der Waals surface area (Å²) in [5.41, 5.74) is 6.81. The van der Waals surface area contributed by atoms with Crippen molar-refractivity contribution in [2.45, 2.75) is 44.6 Å². The average Bonchev–Trinajstić information content (AvgIpc) is 2.38. The van der Waals surface area contributed by atoms with Gasteiger partial charge in [-0.05, 0) is 61.7 Å². The molecule has 2 N–H and O–H groups in total. The summed E-state index contributed by atoms with van der Waals surface area (Å²) >= 11 is 0. The van der Waals surface area contributed by atoms with Crippen molar-refractivity contribution in [3.8, 4) is 0 Å². The molecule has 108 valence electrons. The summed E-state index contributed by atoms with van der Waals surface area (Å²) in [5, 5.41) is 0. The average molecular weight is 264 g/mol. The summed E-state index contributed by atoms with van der Waals surface area (Å²) in [6.07, 6.45) is 8.99. The summed E-state index contributed by atoms with van der Waals surface area (Å²) < 4.78 is 5.53. The van der Waals surface area contributed by atoms with Crippen LogP contribution in [0.3, 0.4) is 0 Å². The Balaban J connectivity index is 1.58. The summed E-state index contributed by atoms with van der Waals surface area (Å²) in [5.74, 6) is 3.09. The maximum Gasteiger partial charge on any atom is 0.0594 e. The first-order valence-electron chi connectivity index (χ1n) is 8.31. The molecule has 5 aliphatic rings. The number of rotatable bonds is 3. The van der Waals surface area contributed by atoms with Crippen molar-refractivity contribution >= 4 is 0 Å². The van der Waals surface area contributed by atoms with Gasteiger partial charge in [-0.2, -0.15) is 0 Å². The first kappa shape index (κ1) is 12.6. The molecule has 4 bridgehead atoms. The summed E-state index contributed by atoms with van der Waals surface area (Å²) in [7, 11) is 0. The van der Waals surface area contributed by atoms with Gasteiger partial charge in [0.05, 0.1) is 13.2 Å². The van der Waals surface area contributed by atoms with Gasteiger partial charge < -0.3 is 10.5 Å². The topological polar surface area (TPSA) is 38.5 Å². The van der Waals surface area contributed by atoms with Crippen LogP contribution in [0.5, 0.6) is 0 Å². The number of hydrogen-bond donors (Lipinski definition) is 1. The van der Waals surface area contributed by atoms with Crippen molar-refractivity contribution < 1.29 is 4.74 Å². The van der Waals surface area contributed by atoms with E-state index in [0.29, 0.717) is 11.5 Å². The predicted molar refractivity (Wildman–Crippen MR) is 75.8 cm³/mol. The minimum Gasteiger partial charge on any atom is -0.379 e. The molecule has 0 aromatic rings. The van der Waals surface area contributed by atoms with Crippen molar-refractivity contribution in [2.75, 3.05) is 32.8 Å². The van der Waals surface area contributed by atoms with Crippen LogP contribution in [-0.4, -0.2) is 43.8 Å². The third-order valence-corrected chi connectivity index (χ3v) is 6.50. The molecule has 1 aliphatic heterocycles. The number of hydrogen-bond acceptors (Lipinski definition) is 3. The lowest BCUT2D eigenvalue weighted by Gasteiger charge is -2.61. The molecule has 1 unspecified atom stereocenters. The van der Waals surface area contributed by atoms with Gasteiger partial charge in [0.2, 0.25) is 0 Å². The molecule has 19 heavy (non-hydrogen) atoms. The minimum absolute atomic E-state index is 0.570. The molecule has 3 heteroatoms. The van der Waals surface area contributed by atoms with E-state index in [9.17, 15) is 0 Å². The first-order chi connectivity index (χ1) is 9.29. The van der Waals surface area contributed by atoms with Crippen LogP contribution in [0.4, 0.5) is 0 Å². The summed E-state index contributed by atoms with van der Waals surface area (Å²) in [6.45, 7) is 4.87. The van der Waals surface area contributed by atoms with E-state index in [-0.39, 0.29) is 0 Å². The highest BCUT2D eigenvalue weighted by Crippen LogP contribution is 2.61. The predicted octanol–water partition coefficient (Wildman–Crippen LogP) is 1.86. The second kappa shape index (κ2) is 4.71. The molecule has 1 saturated heterocycles. The van der Waals surface area contributed by atoms with Crippen molar-refractivity contribution in [3.05, 3.63) is 0 Å². The van der Waals surface area contributed by atoms with Gasteiger partial charge in [-0.15, -0.1) is 0 Å². The zero-order valence-electron chi connectivity index (χ0n) is 12.0. The van der Waals surface area contributed by atoms with Crippen LogP contribution in [-0.2, 0) is 4.74 Å². The molecule has 4 saturated carbocycles. The van der Waals surface area contributed by atoms with E-state index in [0.717, 1.165) is 50.6 Å². The zero-order valence-corrected chi connectivity index (χ0v) is 12.0. The summed E-state index contributed by atoms with van der Waals surface area (Å²) in [6, 6.07) is 0.629. The minimum atomic E-state index is 0.570. The van der Waals surface area contributed by atoms with Crippen molar-refractivity contribution in [1.29, 1.82) is 0 Å². The fourth-order valence-corrected chi connectivity index (χ4v) is 6.26. The maximum absolute atomic E-state index is 6.24. The van der Waals surface area contributed by atoms with Gasteiger partial charge in [-0.1, -0.05) is 0 Å². The highest BCUT2D eigenvalue weighted by atomic mass is 16.5.